The van der Waals surface area contributed by atoms with Gasteiger partial charge in [-0.05, 0) is 6.42 Å². The van der Waals surface area contributed by atoms with Crippen molar-refractivity contribution in [3.8, 4) is 12.3 Å². The fourth-order valence-electron chi connectivity index (χ4n) is 0.853. The monoisotopic (exact) mass is 204 g/mol. The third-order valence-electron chi connectivity index (χ3n) is 1.53. The lowest BCUT2D eigenvalue weighted by Gasteiger charge is -2.10. The van der Waals surface area contributed by atoms with E-state index in [0.717, 1.165) is 13.4 Å². The van der Waals surface area contributed by atoms with Gasteiger partial charge in [0.25, 0.3) is 0 Å². The van der Waals surface area contributed by atoms with Crippen LogP contribution in [0.15, 0.2) is 0 Å². The van der Waals surface area contributed by atoms with Gasteiger partial charge in [0.05, 0.1) is 7.11 Å². The highest BCUT2D eigenvalue weighted by Gasteiger charge is 2.28. The molecule has 0 heterocycles. The molecule has 0 aliphatic rings. The summed E-state index contributed by atoms with van der Waals surface area (Å²) in [7, 11) is -2.27. The Hall–Kier alpha value is -1.02. The van der Waals surface area contributed by atoms with Crippen molar-refractivity contribution < 1.29 is 17.9 Å². The minimum Gasteiger partial charge on any atom is -0.468 e. The Morgan fingerprint density at radius 1 is 1.62 bits per heavy atom. The Morgan fingerprint density at radius 2 is 2.15 bits per heavy atom. The van der Waals surface area contributed by atoms with Gasteiger partial charge < -0.3 is 4.74 Å². The van der Waals surface area contributed by atoms with Crippen molar-refractivity contribution in [3.63, 3.8) is 0 Å². The van der Waals surface area contributed by atoms with Crippen molar-refractivity contribution in [2.45, 2.75) is 18.1 Å². The molecule has 13 heavy (non-hydrogen) atoms. The highest BCUT2D eigenvalue weighted by molar-refractivity contribution is 7.92. The Bertz CT molecular complexity index is 310. The molecule has 0 spiro atoms. The summed E-state index contributed by atoms with van der Waals surface area (Å²) in [5.41, 5.74) is 0. The number of hydrogen-bond donors (Lipinski definition) is 0. The first-order valence-corrected chi connectivity index (χ1v) is 5.59. The van der Waals surface area contributed by atoms with E-state index in [4.69, 9.17) is 6.42 Å². The highest BCUT2D eigenvalue weighted by atomic mass is 32.2. The molecule has 5 heteroatoms. The van der Waals surface area contributed by atoms with Crippen LogP contribution in [0.1, 0.15) is 12.8 Å². The van der Waals surface area contributed by atoms with Gasteiger partial charge in [-0.25, -0.2) is 8.42 Å². The van der Waals surface area contributed by atoms with Crippen molar-refractivity contribution in [2.75, 3.05) is 13.4 Å². The maximum absolute atomic E-state index is 11.1. The van der Waals surface area contributed by atoms with Crippen LogP contribution in [0.4, 0.5) is 0 Å². The third kappa shape index (κ3) is 3.95. The predicted molar refractivity (Wildman–Crippen MR) is 48.7 cm³/mol. The van der Waals surface area contributed by atoms with Gasteiger partial charge in [-0.15, -0.1) is 12.3 Å². The summed E-state index contributed by atoms with van der Waals surface area (Å²) in [5.74, 6) is 1.52. The fourth-order valence-corrected chi connectivity index (χ4v) is 1.84. The van der Waals surface area contributed by atoms with E-state index in [2.05, 4.69) is 10.7 Å². The van der Waals surface area contributed by atoms with Gasteiger partial charge in [-0.1, -0.05) is 0 Å². The van der Waals surface area contributed by atoms with Crippen molar-refractivity contribution in [1.82, 2.24) is 0 Å². The van der Waals surface area contributed by atoms with Crippen molar-refractivity contribution >= 4 is 15.8 Å². The maximum Gasteiger partial charge on any atom is 0.324 e. The molecule has 4 nitrogen and oxygen atoms in total. The zero-order chi connectivity index (χ0) is 10.5. The van der Waals surface area contributed by atoms with Gasteiger partial charge in [0.2, 0.25) is 0 Å². The zero-order valence-electron chi connectivity index (χ0n) is 7.61. The SMILES string of the molecule is C#CCCC(C(=O)OC)S(C)(=O)=O. The largest absolute Gasteiger partial charge is 0.468 e. The summed E-state index contributed by atoms with van der Waals surface area (Å²) >= 11 is 0. The second-order valence-corrected chi connectivity index (χ2v) is 4.81. The van der Waals surface area contributed by atoms with Gasteiger partial charge in [0, 0.05) is 12.7 Å². The number of carbonyl (C=O) groups excluding carboxylic acids is 1. The van der Waals surface area contributed by atoms with Crippen LogP contribution >= 0.6 is 0 Å². The molecule has 0 N–H and O–H groups in total. The van der Waals surface area contributed by atoms with E-state index in [0.29, 0.717) is 0 Å². The third-order valence-corrected chi connectivity index (χ3v) is 2.99. The molecule has 0 saturated heterocycles. The number of carbonyl (C=O) groups is 1. The minimum atomic E-state index is -3.42. The van der Waals surface area contributed by atoms with Crippen LogP contribution in [-0.2, 0) is 19.4 Å². The van der Waals surface area contributed by atoms with E-state index >= 15 is 0 Å². The quantitative estimate of drug-likeness (QED) is 0.477. The lowest BCUT2D eigenvalue weighted by Crippen LogP contribution is -2.30. The molecule has 0 aromatic rings. The Morgan fingerprint density at radius 3 is 2.46 bits per heavy atom. The number of methoxy groups -OCH3 is 1. The van der Waals surface area contributed by atoms with Crippen LogP contribution < -0.4 is 0 Å². The first-order valence-electron chi connectivity index (χ1n) is 3.63. The van der Waals surface area contributed by atoms with E-state index in [1.807, 2.05) is 0 Å². The molecule has 1 atom stereocenters. The lowest BCUT2D eigenvalue weighted by atomic mass is 10.2. The maximum atomic E-state index is 11.1. The molecule has 0 rings (SSSR count). The standard InChI is InChI=1S/C8H12O4S/c1-4-5-6-7(8(9)12-2)13(3,10)11/h1,7H,5-6H2,2-3H3. The van der Waals surface area contributed by atoms with Crippen LogP contribution in [-0.4, -0.2) is 33.0 Å². The average molecular weight is 204 g/mol. The fraction of sp³-hybridized carbons (Fsp3) is 0.625. The second kappa shape index (κ2) is 4.87. The first kappa shape index (κ1) is 12.0. The van der Waals surface area contributed by atoms with E-state index in [-0.39, 0.29) is 12.8 Å². The van der Waals surface area contributed by atoms with Crippen molar-refractivity contribution in [1.29, 1.82) is 0 Å². The smallest absolute Gasteiger partial charge is 0.324 e. The second-order valence-electron chi connectivity index (χ2n) is 2.58. The Balaban J connectivity index is 4.59. The van der Waals surface area contributed by atoms with Crippen LogP contribution in [0.3, 0.4) is 0 Å². The van der Waals surface area contributed by atoms with Crippen LogP contribution in [0.5, 0.6) is 0 Å². The summed E-state index contributed by atoms with van der Waals surface area (Å²) in [5, 5.41) is -1.13. The molecule has 0 radical (unpaired) electrons. The number of hydrogen-bond acceptors (Lipinski definition) is 4. The molecule has 1 unspecified atom stereocenters. The van der Waals surface area contributed by atoms with E-state index < -0.39 is 21.1 Å². The van der Waals surface area contributed by atoms with Gasteiger partial charge in [0.1, 0.15) is 0 Å². The molecule has 0 saturated carbocycles. The van der Waals surface area contributed by atoms with Crippen molar-refractivity contribution in [3.05, 3.63) is 0 Å². The lowest BCUT2D eigenvalue weighted by molar-refractivity contribution is -0.140. The minimum absolute atomic E-state index is 0.113. The van der Waals surface area contributed by atoms with Crippen molar-refractivity contribution in [2.24, 2.45) is 0 Å². The Labute approximate surface area is 78.2 Å². The number of rotatable bonds is 4. The predicted octanol–water partition coefficient (Wildman–Crippen LogP) is -0.0140. The molecule has 74 valence electrons. The first-order chi connectivity index (χ1) is 5.93. The number of ether oxygens (including phenoxy) is 1. The topological polar surface area (TPSA) is 60.4 Å². The van der Waals surface area contributed by atoms with Crippen LogP contribution in [0.2, 0.25) is 0 Å². The molecule has 0 aliphatic heterocycles. The van der Waals surface area contributed by atoms with Gasteiger partial charge >= 0.3 is 5.97 Å². The van der Waals surface area contributed by atoms with Crippen LogP contribution in [0.25, 0.3) is 0 Å². The normalized spacial score (nSPS) is 13.0. The highest BCUT2D eigenvalue weighted by Crippen LogP contribution is 2.08. The number of terminal acetylenes is 1. The number of sulfone groups is 1. The Kier molecular flexibility index (Phi) is 4.49. The molecule has 0 aliphatic carbocycles. The van der Waals surface area contributed by atoms with Gasteiger partial charge in [0.15, 0.2) is 15.1 Å². The summed E-state index contributed by atoms with van der Waals surface area (Å²) in [6.07, 6.45) is 6.31. The summed E-state index contributed by atoms with van der Waals surface area (Å²) in [6, 6.07) is 0. The molecule has 0 bridgehead atoms. The average Bonchev–Trinajstić information content (AvgIpc) is 2.02. The van der Waals surface area contributed by atoms with E-state index in [1.54, 1.807) is 0 Å². The van der Waals surface area contributed by atoms with Gasteiger partial charge in [-0.2, -0.15) is 0 Å². The number of esters is 1. The van der Waals surface area contributed by atoms with Crippen LogP contribution in [0, 0.1) is 12.3 Å². The molecular weight excluding hydrogens is 192 g/mol. The zero-order valence-corrected chi connectivity index (χ0v) is 8.43. The van der Waals surface area contributed by atoms with E-state index in [9.17, 15) is 13.2 Å². The van der Waals surface area contributed by atoms with E-state index in [1.165, 1.54) is 0 Å². The molecule has 0 aromatic heterocycles. The molecule has 0 aromatic carbocycles. The molecule has 0 fully saturated rings. The van der Waals surface area contributed by atoms with Gasteiger partial charge in [-0.3, -0.25) is 4.79 Å². The molecule has 0 amide bonds. The summed E-state index contributed by atoms with van der Waals surface area (Å²) < 4.78 is 26.5. The molecular formula is C8H12O4S. The summed E-state index contributed by atoms with van der Waals surface area (Å²) in [6.45, 7) is 0. The summed E-state index contributed by atoms with van der Waals surface area (Å²) in [4.78, 5) is 11.0.